The van der Waals surface area contributed by atoms with Crippen LogP contribution >= 0.6 is 12.8 Å². The van der Waals surface area contributed by atoms with Gasteiger partial charge in [-0.2, -0.15) is 4.68 Å². The molecule has 0 radical (unpaired) electrons. The third-order valence-corrected chi connectivity index (χ3v) is 5.51. The van der Waals surface area contributed by atoms with Crippen molar-refractivity contribution in [2.75, 3.05) is 6.61 Å². The number of carbonyl (C=O) groups excluding carboxylic acids is 2. The monoisotopic (exact) mass is 456 g/mol. The minimum Gasteiger partial charge on any atom is -0.459 e. The van der Waals surface area contributed by atoms with E-state index < -0.39 is 18.5 Å². The molecule has 1 aromatic heterocycles. The molecule has 12 nitrogen and oxygen atoms in total. The topological polar surface area (TPSA) is 155 Å². The number of esters is 1. The van der Waals surface area contributed by atoms with Gasteiger partial charge in [-0.25, -0.2) is 0 Å². The molecule has 3 unspecified atom stereocenters. The number of azide groups is 1. The van der Waals surface area contributed by atoms with Crippen molar-refractivity contribution in [1.82, 2.24) is 15.0 Å². The smallest absolute Gasteiger partial charge is 0.303 e. The molecule has 0 spiro atoms. The zero-order chi connectivity index (χ0) is 22.8. The molecule has 172 valence electrons. The molecule has 1 saturated heterocycles. The Morgan fingerprint density at radius 3 is 2.87 bits per heavy atom. The highest BCUT2D eigenvalue weighted by Crippen LogP contribution is 2.33. The Morgan fingerprint density at radius 2 is 2.19 bits per heavy atom. The van der Waals surface area contributed by atoms with Crippen LogP contribution in [0.15, 0.2) is 11.3 Å². The number of nitrogens with zero attached hydrogens (tertiary/aromatic N) is 5. The van der Waals surface area contributed by atoms with Gasteiger partial charge in [0.15, 0.2) is 12.5 Å². The molecule has 31 heavy (non-hydrogen) atoms. The third kappa shape index (κ3) is 7.69. The first-order chi connectivity index (χ1) is 14.8. The van der Waals surface area contributed by atoms with E-state index in [1.807, 2.05) is 13.8 Å². The number of hydrogen-bond donors (Lipinski definition) is 3. The number of ether oxygens (including phenoxy) is 3. The van der Waals surface area contributed by atoms with E-state index in [2.05, 4.69) is 37.9 Å². The molecule has 13 heteroatoms. The number of thiol groups is 1. The molecule has 1 aromatic rings. The lowest BCUT2D eigenvalue weighted by Crippen LogP contribution is -2.57. The normalized spacial score (nSPS) is 25.5. The number of H-pyrrole nitrogens is 1. The Morgan fingerprint density at radius 1 is 1.42 bits per heavy atom. The van der Waals surface area contributed by atoms with Gasteiger partial charge in [0, 0.05) is 41.8 Å². The fourth-order valence-electron chi connectivity index (χ4n) is 3.45. The lowest BCUT2D eigenvalue weighted by atomic mass is 9.84. The quantitative estimate of drug-likeness (QED) is 0.0873. The SMILES string of the molecule is CC(=O)O[C@H]1C(C[n+]2cc(CN=[N+]=[N-])n[nH]2)OC(OCCCCC(=O)NS)C(C)[C@H]1C. The maximum Gasteiger partial charge on any atom is 0.303 e. The van der Waals surface area contributed by atoms with Crippen LogP contribution in [-0.2, 0) is 36.9 Å². The van der Waals surface area contributed by atoms with E-state index in [1.54, 1.807) is 10.9 Å². The summed E-state index contributed by atoms with van der Waals surface area (Å²) in [6, 6.07) is 0. The van der Waals surface area contributed by atoms with E-state index in [4.69, 9.17) is 19.7 Å². The van der Waals surface area contributed by atoms with Crippen molar-refractivity contribution in [2.24, 2.45) is 17.0 Å². The first-order valence-corrected chi connectivity index (χ1v) is 10.6. The van der Waals surface area contributed by atoms with Gasteiger partial charge in [0.2, 0.25) is 11.6 Å². The van der Waals surface area contributed by atoms with Crippen LogP contribution in [0.2, 0.25) is 0 Å². The molecular weight excluding hydrogens is 426 g/mol. The minimum atomic E-state index is -0.475. The second-order valence-corrected chi connectivity index (χ2v) is 7.80. The van der Waals surface area contributed by atoms with E-state index in [9.17, 15) is 9.59 Å². The van der Waals surface area contributed by atoms with Gasteiger partial charge in [-0.3, -0.25) is 9.59 Å². The van der Waals surface area contributed by atoms with Crippen LogP contribution in [0.3, 0.4) is 0 Å². The van der Waals surface area contributed by atoms with Gasteiger partial charge in [-0.15, -0.1) is 0 Å². The van der Waals surface area contributed by atoms with Crippen LogP contribution in [0.5, 0.6) is 0 Å². The summed E-state index contributed by atoms with van der Waals surface area (Å²) in [4.78, 5) is 25.6. The summed E-state index contributed by atoms with van der Waals surface area (Å²) in [6.45, 7) is 6.30. The first-order valence-electron chi connectivity index (χ1n) is 10.2. The lowest BCUT2D eigenvalue weighted by molar-refractivity contribution is -0.761. The van der Waals surface area contributed by atoms with Crippen LogP contribution in [0.25, 0.3) is 10.4 Å². The van der Waals surface area contributed by atoms with Crippen LogP contribution in [0, 0.1) is 11.8 Å². The number of rotatable bonds is 11. The van der Waals surface area contributed by atoms with E-state index in [-0.39, 0.29) is 30.3 Å². The number of carbonyl (C=O) groups is 2. The lowest BCUT2D eigenvalue weighted by Gasteiger charge is -2.43. The number of unbranched alkanes of at least 4 members (excludes halogenated alkanes) is 1. The summed E-state index contributed by atoms with van der Waals surface area (Å²) in [6.07, 6.45) is 2.09. The van der Waals surface area contributed by atoms with E-state index in [0.717, 1.165) is 0 Å². The highest BCUT2D eigenvalue weighted by Gasteiger charge is 2.45. The Labute approximate surface area is 186 Å². The molecule has 2 heterocycles. The molecule has 1 fully saturated rings. The molecule has 5 atom stereocenters. The highest BCUT2D eigenvalue weighted by molar-refractivity contribution is 7.78. The zero-order valence-electron chi connectivity index (χ0n) is 17.9. The van der Waals surface area contributed by atoms with Crippen LogP contribution in [0.1, 0.15) is 45.7 Å². The molecule has 1 aliphatic rings. The first kappa shape index (κ1) is 24.9. The average Bonchev–Trinajstić information content (AvgIpc) is 3.19. The highest BCUT2D eigenvalue weighted by atomic mass is 32.1. The molecule has 2 N–H and O–H groups in total. The minimum absolute atomic E-state index is 0.00575. The second-order valence-electron chi connectivity index (χ2n) is 7.57. The average molecular weight is 457 g/mol. The van der Waals surface area contributed by atoms with Crippen molar-refractivity contribution in [3.63, 3.8) is 0 Å². The number of aromatic nitrogens is 3. The van der Waals surface area contributed by atoms with E-state index in [1.165, 1.54) is 6.92 Å². The van der Waals surface area contributed by atoms with Gasteiger partial charge in [-0.1, -0.05) is 37.0 Å². The van der Waals surface area contributed by atoms with Crippen molar-refractivity contribution < 1.29 is 28.5 Å². The Balaban J connectivity index is 2.01. The van der Waals surface area contributed by atoms with Gasteiger partial charge in [0.05, 0.1) is 6.54 Å². The van der Waals surface area contributed by atoms with Gasteiger partial charge >= 0.3 is 5.97 Å². The molecule has 1 aliphatic heterocycles. The fraction of sp³-hybridized carbons (Fsp3) is 0.778. The van der Waals surface area contributed by atoms with Crippen molar-refractivity contribution in [2.45, 2.75) is 71.6 Å². The van der Waals surface area contributed by atoms with Crippen molar-refractivity contribution in [1.29, 1.82) is 0 Å². The summed E-state index contributed by atoms with van der Waals surface area (Å²) in [7, 11) is 0. The summed E-state index contributed by atoms with van der Waals surface area (Å²) >= 11 is 3.73. The standard InChI is InChI=1S/C18H29N7O5S/c1-11-12(2)18(28-7-5-4-6-16(27)22-31)30-15(17(11)29-13(3)26)10-25-9-14(21-24-25)8-20-23-19/h9,11-12,15,17-18H,4-8,10H2,1-3H3,(H2,21,22,24,27,31)/p+1/t11-,12?,15?,17-,18?/m1/s1. The second kappa shape index (κ2) is 12.5. The zero-order valence-corrected chi connectivity index (χ0v) is 18.8. The van der Waals surface area contributed by atoms with E-state index in [0.29, 0.717) is 38.1 Å². The molecular formula is C18H30N7O5S+. The Hall–Kier alpha value is -2.34. The molecule has 1 amide bonds. The fourth-order valence-corrected chi connectivity index (χ4v) is 3.56. The number of hydrogen-bond acceptors (Lipinski definition) is 8. The molecule has 2 rings (SSSR count). The van der Waals surface area contributed by atoms with Crippen LogP contribution < -0.4 is 9.40 Å². The summed E-state index contributed by atoms with van der Waals surface area (Å²) in [5.41, 5.74) is 9.03. The van der Waals surface area contributed by atoms with Gasteiger partial charge in [0.25, 0.3) is 0 Å². The Kier molecular flexibility index (Phi) is 10.0. The van der Waals surface area contributed by atoms with Gasteiger partial charge in [0.1, 0.15) is 18.8 Å². The molecule has 0 bridgehead atoms. The van der Waals surface area contributed by atoms with Crippen LogP contribution in [0.4, 0.5) is 0 Å². The molecule has 0 saturated carbocycles. The number of aromatic amines is 1. The predicted octanol–water partition coefficient (Wildman–Crippen LogP) is 1.58. The molecule has 0 aromatic carbocycles. The summed E-state index contributed by atoms with van der Waals surface area (Å²) < 4.78 is 21.7. The largest absolute Gasteiger partial charge is 0.459 e. The van der Waals surface area contributed by atoms with Gasteiger partial charge < -0.3 is 18.9 Å². The van der Waals surface area contributed by atoms with Crippen LogP contribution in [-0.4, -0.2) is 47.3 Å². The Bertz CT molecular complexity index is 785. The number of amides is 1. The maximum absolute atomic E-state index is 11.7. The van der Waals surface area contributed by atoms with E-state index >= 15 is 0 Å². The molecule has 0 aliphatic carbocycles. The number of nitrogens with one attached hydrogen (secondary N) is 2. The van der Waals surface area contributed by atoms with Crippen molar-refractivity contribution in [3.8, 4) is 0 Å². The van der Waals surface area contributed by atoms with Crippen molar-refractivity contribution in [3.05, 3.63) is 22.3 Å². The van der Waals surface area contributed by atoms with Gasteiger partial charge in [-0.05, 0) is 18.4 Å². The predicted molar refractivity (Wildman–Crippen MR) is 111 cm³/mol. The maximum atomic E-state index is 11.7. The van der Waals surface area contributed by atoms with Crippen molar-refractivity contribution >= 4 is 24.7 Å². The third-order valence-electron chi connectivity index (χ3n) is 5.26. The summed E-state index contributed by atoms with van der Waals surface area (Å²) in [5, 5.41) is 10.4. The summed E-state index contributed by atoms with van der Waals surface area (Å²) in [5.74, 6) is -0.513.